The van der Waals surface area contributed by atoms with Gasteiger partial charge in [0.25, 0.3) is 0 Å². The second-order valence-corrected chi connectivity index (χ2v) is 15.8. The Hall–Kier alpha value is -8.48. The molecule has 0 aliphatic rings. The number of para-hydroxylation sites is 5. The van der Waals surface area contributed by atoms with Gasteiger partial charge in [-0.2, -0.15) is 0 Å². The highest BCUT2D eigenvalue weighted by molar-refractivity contribution is 6.21. The van der Waals surface area contributed by atoms with Crippen LogP contribution in [0, 0.1) is 0 Å². The van der Waals surface area contributed by atoms with Gasteiger partial charge >= 0.3 is 0 Å². The van der Waals surface area contributed by atoms with E-state index in [0.29, 0.717) is 0 Å². The summed E-state index contributed by atoms with van der Waals surface area (Å²) in [6.07, 6.45) is 0. The third-order valence-electron chi connectivity index (χ3n) is 12.4. The van der Waals surface area contributed by atoms with E-state index in [-0.39, 0.29) is 0 Å². The third-order valence-corrected chi connectivity index (χ3v) is 12.4. The molecule has 0 aliphatic carbocycles. The molecule has 0 atom stereocenters. The van der Waals surface area contributed by atoms with Gasteiger partial charge in [0.2, 0.25) is 0 Å². The van der Waals surface area contributed by atoms with E-state index in [2.05, 4.69) is 196 Å². The van der Waals surface area contributed by atoms with E-state index in [0.717, 1.165) is 100 Å². The highest BCUT2D eigenvalue weighted by Crippen LogP contribution is 2.43. The van der Waals surface area contributed by atoms with Crippen molar-refractivity contribution in [3.63, 3.8) is 0 Å². The molecule has 4 heterocycles. The maximum absolute atomic E-state index is 6.72. The zero-order valence-corrected chi connectivity index (χ0v) is 33.4. The maximum Gasteiger partial charge on any atom is 0.168 e. The number of rotatable bonds is 6. The number of fused-ring (bicyclic) bond motifs is 10. The van der Waals surface area contributed by atoms with E-state index < -0.39 is 0 Å². The van der Waals surface area contributed by atoms with E-state index in [4.69, 9.17) is 14.6 Å². The number of nitrogens with zero attached hydrogens (tertiary/aromatic N) is 5. The summed E-state index contributed by atoms with van der Waals surface area (Å²) < 4.78 is 13.7. The fourth-order valence-corrected chi connectivity index (χ4v) is 9.66. The van der Waals surface area contributed by atoms with Gasteiger partial charge in [0, 0.05) is 60.4 Å². The van der Waals surface area contributed by atoms with Crippen molar-refractivity contribution in [2.45, 2.75) is 0 Å². The summed E-state index contributed by atoms with van der Waals surface area (Å²) in [6.45, 7) is 0. The lowest BCUT2D eigenvalue weighted by Gasteiger charge is -2.16. The molecule has 290 valence electrons. The molecule has 6 nitrogen and oxygen atoms in total. The van der Waals surface area contributed by atoms with Crippen molar-refractivity contribution >= 4 is 65.6 Å². The minimum absolute atomic E-state index is 0.779. The average Bonchev–Trinajstić information content (AvgIpc) is 4.12. The van der Waals surface area contributed by atoms with Crippen molar-refractivity contribution < 1.29 is 4.42 Å². The Morgan fingerprint density at radius 1 is 0.339 bits per heavy atom. The van der Waals surface area contributed by atoms with Gasteiger partial charge in [-0.1, -0.05) is 152 Å². The first-order valence-electron chi connectivity index (χ1n) is 20.9. The predicted octanol–water partition coefficient (Wildman–Crippen LogP) is 14.4. The molecular weight excluding hydrogens is 759 g/mol. The van der Waals surface area contributed by atoms with E-state index in [1.165, 1.54) is 16.2 Å². The summed E-state index contributed by atoms with van der Waals surface area (Å²) in [6, 6.07) is 75.1. The standard InChI is InChI=1S/C56H35N5O/c1-3-16-36(17-4-1)55-57-58-56(60(55)39-19-5-2-6-20-39)38-30-31-44-42-23-8-12-27-49(42)59(51(44)35-38)40-21-15-18-37(34-40)41-22-7-11-26-48(41)61-50-28-13-9-24-43(50)46-32-33-47-45-25-10-14-29-52(45)62-54(47)53(46)61/h1-35H. The average molecular weight is 794 g/mol. The lowest BCUT2D eigenvalue weighted by molar-refractivity contribution is 0.671. The molecule has 13 rings (SSSR count). The zero-order valence-electron chi connectivity index (χ0n) is 33.4. The normalized spacial score (nSPS) is 11.9. The van der Waals surface area contributed by atoms with E-state index in [1.54, 1.807) is 0 Å². The predicted molar refractivity (Wildman–Crippen MR) is 254 cm³/mol. The minimum Gasteiger partial charge on any atom is -0.454 e. The number of benzene rings is 9. The van der Waals surface area contributed by atoms with E-state index in [1.807, 2.05) is 30.3 Å². The largest absolute Gasteiger partial charge is 0.454 e. The quantitative estimate of drug-likeness (QED) is 0.168. The smallest absolute Gasteiger partial charge is 0.168 e. The molecule has 13 aromatic rings. The van der Waals surface area contributed by atoms with Gasteiger partial charge in [-0.25, -0.2) is 0 Å². The van der Waals surface area contributed by atoms with Gasteiger partial charge in [-0.15, -0.1) is 10.2 Å². The van der Waals surface area contributed by atoms with Crippen molar-refractivity contribution in [3.05, 3.63) is 212 Å². The first-order valence-corrected chi connectivity index (χ1v) is 20.9. The second-order valence-electron chi connectivity index (χ2n) is 15.8. The molecule has 0 aliphatic heterocycles. The second kappa shape index (κ2) is 13.5. The Morgan fingerprint density at radius 2 is 0.919 bits per heavy atom. The molecular formula is C56H35N5O. The minimum atomic E-state index is 0.779. The number of hydrogen-bond donors (Lipinski definition) is 0. The van der Waals surface area contributed by atoms with Gasteiger partial charge < -0.3 is 13.6 Å². The highest BCUT2D eigenvalue weighted by Gasteiger charge is 2.23. The molecule has 0 saturated carbocycles. The molecule has 0 saturated heterocycles. The van der Waals surface area contributed by atoms with Crippen molar-refractivity contribution in [2.24, 2.45) is 0 Å². The molecule has 6 heteroatoms. The van der Waals surface area contributed by atoms with Crippen molar-refractivity contribution in [1.82, 2.24) is 23.9 Å². The van der Waals surface area contributed by atoms with Crippen LogP contribution in [0.1, 0.15) is 0 Å². The van der Waals surface area contributed by atoms with Crippen LogP contribution in [0.15, 0.2) is 217 Å². The van der Waals surface area contributed by atoms with Crippen molar-refractivity contribution in [3.8, 4) is 51.0 Å². The van der Waals surface area contributed by atoms with Crippen LogP contribution >= 0.6 is 0 Å². The fraction of sp³-hybridized carbons (Fsp3) is 0. The molecule has 4 aromatic heterocycles. The molecule has 9 aromatic carbocycles. The van der Waals surface area contributed by atoms with Gasteiger partial charge in [0.1, 0.15) is 5.58 Å². The van der Waals surface area contributed by atoms with Crippen LogP contribution in [0.3, 0.4) is 0 Å². The van der Waals surface area contributed by atoms with Crippen LogP contribution in [0.2, 0.25) is 0 Å². The molecule has 0 bridgehead atoms. The van der Waals surface area contributed by atoms with Crippen molar-refractivity contribution in [2.75, 3.05) is 0 Å². The lowest BCUT2D eigenvalue weighted by Crippen LogP contribution is -2.00. The molecule has 0 N–H and O–H groups in total. The van der Waals surface area contributed by atoms with Gasteiger partial charge in [0.15, 0.2) is 17.2 Å². The summed E-state index contributed by atoms with van der Waals surface area (Å²) in [5, 5.41) is 16.6. The Labute approximate surface area is 355 Å². The Kier molecular flexibility index (Phi) is 7.50. The first-order chi connectivity index (χ1) is 30.8. The molecule has 0 fully saturated rings. The van der Waals surface area contributed by atoms with Gasteiger partial charge in [-0.3, -0.25) is 4.57 Å². The summed E-state index contributed by atoms with van der Waals surface area (Å²) in [4.78, 5) is 0. The highest BCUT2D eigenvalue weighted by atomic mass is 16.3. The monoisotopic (exact) mass is 793 g/mol. The number of furan rings is 1. The molecule has 0 spiro atoms. The number of aromatic nitrogens is 5. The Bertz CT molecular complexity index is 3870. The third kappa shape index (κ3) is 5.10. The number of hydrogen-bond acceptors (Lipinski definition) is 3. The van der Waals surface area contributed by atoms with Crippen LogP contribution in [-0.4, -0.2) is 23.9 Å². The summed E-state index contributed by atoms with van der Waals surface area (Å²) >= 11 is 0. The molecule has 62 heavy (non-hydrogen) atoms. The van der Waals surface area contributed by atoms with Crippen LogP contribution in [0.4, 0.5) is 0 Å². The topological polar surface area (TPSA) is 53.7 Å². The van der Waals surface area contributed by atoms with Gasteiger partial charge in [0.05, 0.1) is 27.8 Å². The van der Waals surface area contributed by atoms with Crippen LogP contribution < -0.4 is 0 Å². The summed E-state index contributed by atoms with van der Waals surface area (Å²) in [5.41, 5.74) is 13.6. The molecule has 0 radical (unpaired) electrons. The molecule has 0 amide bonds. The van der Waals surface area contributed by atoms with E-state index >= 15 is 0 Å². The first kappa shape index (κ1) is 34.4. The summed E-state index contributed by atoms with van der Waals surface area (Å²) in [7, 11) is 0. The lowest BCUT2D eigenvalue weighted by atomic mass is 10.0. The summed E-state index contributed by atoms with van der Waals surface area (Å²) in [5.74, 6) is 1.57. The Morgan fingerprint density at radius 3 is 1.74 bits per heavy atom. The zero-order chi connectivity index (χ0) is 40.7. The molecule has 0 unspecified atom stereocenters. The van der Waals surface area contributed by atoms with E-state index in [9.17, 15) is 0 Å². The van der Waals surface area contributed by atoms with Crippen LogP contribution in [0.25, 0.3) is 117 Å². The SMILES string of the molecule is c1ccc(-c2nnc(-c3ccc4c5ccccc5n(-c5cccc(-c6ccccc6-n6c7ccccc7c7ccc8c9ccccc9oc8c76)c5)c4c3)n2-c2ccccc2)cc1. The fourth-order valence-electron chi connectivity index (χ4n) is 9.66. The Balaban J connectivity index is 1.02. The van der Waals surface area contributed by atoms with Crippen LogP contribution in [-0.2, 0) is 0 Å². The van der Waals surface area contributed by atoms with Crippen LogP contribution in [0.5, 0.6) is 0 Å². The van der Waals surface area contributed by atoms with Gasteiger partial charge in [-0.05, 0) is 66.2 Å². The maximum atomic E-state index is 6.72. The van der Waals surface area contributed by atoms with Crippen molar-refractivity contribution in [1.29, 1.82) is 0 Å².